The second kappa shape index (κ2) is 8.40. The fourth-order valence-corrected chi connectivity index (χ4v) is 3.70. The Hall–Kier alpha value is -2.28. The van der Waals surface area contributed by atoms with Crippen molar-refractivity contribution < 1.29 is 9.59 Å². The van der Waals surface area contributed by atoms with Crippen molar-refractivity contribution in [3.05, 3.63) is 41.7 Å². The molecule has 1 aliphatic heterocycles. The number of hydrogen-bond donors (Lipinski definition) is 2. The summed E-state index contributed by atoms with van der Waals surface area (Å²) in [5, 5.41) is 6.43. The number of aromatic nitrogens is 2. The molecule has 1 aromatic heterocycles. The van der Waals surface area contributed by atoms with Gasteiger partial charge in [0.15, 0.2) is 5.16 Å². The van der Waals surface area contributed by atoms with Crippen molar-refractivity contribution in [3.8, 4) is 5.69 Å². The van der Waals surface area contributed by atoms with Crippen molar-refractivity contribution in [2.45, 2.75) is 44.3 Å². The number of benzene rings is 1. The Morgan fingerprint density at radius 3 is 3.00 bits per heavy atom. The van der Waals surface area contributed by atoms with Gasteiger partial charge in [0.25, 0.3) is 0 Å². The molecular formula is C19H24N4O2S. The predicted molar refractivity (Wildman–Crippen MR) is 103 cm³/mol. The number of rotatable bonds is 5. The largest absolute Gasteiger partial charge is 0.354 e. The maximum absolute atomic E-state index is 12.3. The van der Waals surface area contributed by atoms with Crippen LogP contribution in [0.25, 0.3) is 5.69 Å². The molecule has 0 radical (unpaired) electrons. The average molecular weight is 372 g/mol. The van der Waals surface area contributed by atoms with Crippen molar-refractivity contribution in [2.75, 3.05) is 12.3 Å². The summed E-state index contributed by atoms with van der Waals surface area (Å²) in [5.41, 5.74) is 3.48. The van der Waals surface area contributed by atoms with Gasteiger partial charge in [0.05, 0.1) is 5.75 Å². The van der Waals surface area contributed by atoms with Gasteiger partial charge in [-0.15, -0.1) is 0 Å². The number of hydrogen-bond acceptors (Lipinski definition) is 4. The molecule has 2 N–H and O–H groups in total. The van der Waals surface area contributed by atoms with E-state index in [-0.39, 0.29) is 17.6 Å². The fraction of sp³-hybridized carbons (Fsp3) is 0.421. The minimum absolute atomic E-state index is 0.0857. The summed E-state index contributed by atoms with van der Waals surface area (Å²) in [6.07, 6.45) is 6.21. The topological polar surface area (TPSA) is 76.0 Å². The van der Waals surface area contributed by atoms with Crippen molar-refractivity contribution in [1.29, 1.82) is 0 Å². The van der Waals surface area contributed by atoms with Gasteiger partial charge in [-0.1, -0.05) is 17.8 Å². The van der Waals surface area contributed by atoms with Gasteiger partial charge in [-0.2, -0.15) is 0 Å². The molecule has 1 saturated heterocycles. The molecule has 6 nitrogen and oxygen atoms in total. The Kier molecular flexibility index (Phi) is 5.98. The summed E-state index contributed by atoms with van der Waals surface area (Å²) in [6, 6.07) is 5.81. The molecule has 2 heterocycles. The van der Waals surface area contributed by atoms with E-state index in [1.807, 2.05) is 16.8 Å². The lowest BCUT2D eigenvalue weighted by molar-refractivity contribution is -0.127. The Balaban J connectivity index is 1.61. The third-order valence-electron chi connectivity index (χ3n) is 4.58. The van der Waals surface area contributed by atoms with E-state index in [9.17, 15) is 9.59 Å². The van der Waals surface area contributed by atoms with Gasteiger partial charge in [-0.25, -0.2) is 4.98 Å². The quantitative estimate of drug-likeness (QED) is 0.790. The van der Waals surface area contributed by atoms with E-state index in [4.69, 9.17) is 0 Å². The van der Waals surface area contributed by atoms with Gasteiger partial charge in [-0.3, -0.25) is 14.2 Å². The molecule has 138 valence electrons. The SMILES string of the molecule is Cc1ccc(-n2ccnc2SCC(=O)N[C@@H]2CCCCNC2=O)cc1C. The lowest BCUT2D eigenvalue weighted by atomic mass is 10.1. The first-order valence-corrected chi connectivity index (χ1v) is 9.84. The predicted octanol–water partition coefficient (Wildman–Crippen LogP) is 2.37. The molecule has 0 spiro atoms. The highest BCUT2D eigenvalue weighted by molar-refractivity contribution is 7.99. The third-order valence-corrected chi connectivity index (χ3v) is 5.55. The molecule has 0 saturated carbocycles. The first kappa shape index (κ1) is 18.5. The second-order valence-electron chi connectivity index (χ2n) is 6.54. The number of amides is 2. The van der Waals surface area contributed by atoms with Gasteiger partial charge in [-0.05, 0) is 56.4 Å². The molecular weight excluding hydrogens is 348 g/mol. The number of nitrogens with zero attached hydrogens (tertiary/aromatic N) is 2. The molecule has 0 bridgehead atoms. The van der Waals surface area contributed by atoms with Crippen LogP contribution in [0.2, 0.25) is 0 Å². The van der Waals surface area contributed by atoms with Gasteiger partial charge in [0.2, 0.25) is 11.8 Å². The lowest BCUT2D eigenvalue weighted by Gasteiger charge is -2.15. The second-order valence-corrected chi connectivity index (χ2v) is 7.49. The fourth-order valence-electron chi connectivity index (χ4n) is 2.91. The highest BCUT2D eigenvalue weighted by atomic mass is 32.2. The standard InChI is InChI=1S/C19H24N4O2S/c1-13-6-7-15(11-14(13)2)23-10-9-21-19(23)26-12-17(24)22-16-5-3-4-8-20-18(16)25/h6-7,9-11,16H,3-5,8,12H2,1-2H3,(H,20,25)(H,22,24)/t16-/m1/s1. The molecule has 2 aromatic rings. The zero-order valence-corrected chi connectivity index (χ0v) is 15.9. The van der Waals surface area contributed by atoms with Crippen LogP contribution < -0.4 is 10.6 Å². The molecule has 1 atom stereocenters. The van der Waals surface area contributed by atoms with Crippen molar-refractivity contribution >= 4 is 23.6 Å². The van der Waals surface area contributed by atoms with Crippen LogP contribution in [-0.4, -0.2) is 39.7 Å². The van der Waals surface area contributed by atoms with Crippen LogP contribution >= 0.6 is 11.8 Å². The summed E-state index contributed by atoms with van der Waals surface area (Å²) in [4.78, 5) is 28.6. The number of carbonyl (C=O) groups excluding carboxylic acids is 2. The summed E-state index contributed by atoms with van der Waals surface area (Å²) in [6.45, 7) is 4.85. The van der Waals surface area contributed by atoms with Crippen LogP contribution in [0.5, 0.6) is 0 Å². The zero-order valence-electron chi connectivity index (χ0n) is 15.1. The van der Waals surface area contributed by atoms with E-state index < -0.39 is 6.04 Å². The van der Waals surface area contributed by atoms with Crippen LogP contribution in [0.3, 0.4) is 0 Å². The van der Waals surface area contributed by atoms with Gasteiger partial charge < -0.3 is 10.6 Å². The smallest absolute Gasteiger partial charge is 0.242 e. The van der Waals surface area contributed by atoms with Crippen molar-refractivity contribution in [1.82, 2.24) is 20.2 Å². The summed E-state index contributed by atoms with van der Waals surface area (Å²) < 4.78 is 1.97. The van der Waals surface area contributed by atoms with Crippen LogP contribution in [0.1, 0.15) is 30.4 Å². The Morgan fingerprint density at radius 2 is 2.19 bits per heavy atom. The van der Waals surface area contributed by atoms with E-state index in [0.717, 1.165) is 23.7 Å². The van der Waals surface area contributed by atoms with E-state index in [1.54, 1.807) is 6.20 Å². The van der Waals surface area contributed by atoms with Crippen LogP contribution in [0.4, 0.5) is 0 Å². The molecule has 1 aliphatic rings. The van der Waals surface area contributed by atoms with E-state index in [2.05, 4.69) is 41.6 Å². The summed E-state index contributed by atoms with van der Waals surface area (Å²) >= 11 is 1.37. The molecule has 0 unspecified atom stereocenters. The highest BCUT2D eigenvalue weighted by Gasteiger charge is 2.22. The van der Waals surface area contributed by atoms with Crippen molar-refractivity contribution in [3.63, 3.8) is 0 Å². The number of imidazole rings is 1. The van der Waals surface area contributed by atoms with Gasteiger partial charge >= 0.3 is 0 Å². The number of aryl methyl sites for hydroxylation is 2. The minimum atomic E-state index is -0.426. The molecule has 7 heteroatoms. The molecule has 1 fully saturated rings. The molecule has 3 rings (SSSR count). The minimum Gasteiger partial charge on any atom is -0.354 e. The highest BCUT2D eigenvalue weighted by Crippen LogP contribution is 2.22. The zero-order chi connectivity index (χ0) is 18.5. The van der Waals surface area contributed by atoms with Crippen LogP contribution in [0.15, 0.2) is 35.7 Å². The maximum atomic E-state index is 12.3. The number of thioether (sulfide) groups is 1. The monoisotopic (exact) mass is 372 g/mol. The Bertz CT molecular complexity index is 803. The van der Waals surface area contributed by atoms with Crippen LogP contribution in [-0.2, 0) is 9.59 Å². The Morgan fingerprint density at radius 1 is 1.35 bits per heavy atom. The van der Waals surface area contributed by atoms with Gasteiger partial charge in [0, 0.05) is 24.6 Å². The molecule has 26 heavy (non-hydrogen) atoms. The number of carbonyl (C=O) groups is 2. The maximum Gasteiger partial charge on any atom is 0.242 e. The summed E-state index contributed by atoms with van der Waals surface area (Å²) in [5.74, 6) is -0.00444. The van der Waals surface area contributed by atoms with Crippen LogP contribution in [0, 0.1) is 13.8 Å². The van der Waals surface area contributed by atoms with Gasteiger partial charge in [0.1, 0.15) is 6.04 Å². The first-order chi connectivity index (χ1) is 12.5. The van der Waals surface area contributed by atoms with E-state index in [1.165, 1.54) is 22.9 Å². The first-order valence-electron chi connectivity index (χ1n) is 8.85. The van der Waals surface area contributed by atoms with E-state index in [0.29, 0.717) is 13.0 Å². The van der Waals surface area contributed by atoms with E-state index >= 15 is 0 Å². The average Bonchev–Trinajstić information content (AvgIpc) is 3.00. The summed E-state index contributed by atoms with van der Waals surface area (Å²) in [7, 11) is 0. The molecule has 1 aromatic carbocycles. The third kappa shape index (κ3) is 4.46. The van der Waals surface area contributed by atoms with Crippen molar-refractivity contribution in [2.24, 2.45) is 0 Å². The molecule has 0 aliphatic carbocycles. The normalized spacial score (nSPS) is 17.5. The Labute approximate surface area is 157 Å². The molecule has 2 amide bonds. The lowest BCUT2D eigenvalue weighted by Crippen LogP contribution is -2.46. The number of nitrogens with one attached hydrogen (secondary N) is 2.